The van der Waals surface area contributed by atoms with Gasteiger partial charge in [0.05, 0.1) is 10.5 Å². The number of piperidine rings is 1. The molecule has 0 atom stereocenters. The van der Waals surface area contributed by atoms with Crippen LogP contribution in [-0.4, -0.2) is 32.7 Å². The van der Waals surface area contributed by atoms with Crippen LogP contribution in [0.3, 0.4) is 0 Å². The zero-order valence-corrected chi connectivity index (χ0v) is 16.4. The van der Waals surface area contributed by atoms with Gasteiger partial charge in [-0.05, 0) is 67.7 Å². The summed E-state index contributed by atoms with van der Waals surface area (Å²) in [6.45, 7) is 2.00. The Balaban J connectivity index is 0.00000210. The smallest absolute Gasteiger partial charge is 0.230 e. The van der Waals surface area contributed by atoms with Crippen molar-refractivity contribution < 1.29 is 17.2 Å². The van der Waals surface area contributed by atoms with Gasteiger partial charge in [0.15, 0.2) is 15.4 Å². The van der Waals surface area contributed by atoms with Crippen LogP contribution in [0, 0.1) is 5.82 Å². The number of rotatable bonds is 3. The van der Waals surface area contributed by atoms with Crippen LogP contribution in [0.4, 0.5) is 4.39 Å². The van der Waals surface area contributed by atoms with Gasteiger partial charge in [0.25, 0.3) is 0 Å². The number of nitrogens with one attached hydrogen (secondary N) is 1. The van der Waals surface area contributed by atoms with E-state index in [-0.39, 0.29) is 28.8 Å². The predicted octanol–water partition coefficient (Wildman–Crippen LogP) is 3.93. The number of fused-ring (bicyclic) bond motifs is 1. The summed E-state index contributed by atoms with van der Waals surface area (Å²) in [4.78, 5) is 4.29. The third-order valence-corrected chi connectivity index (χ3v) is 5.93. The molecule has 4 rings (SSSR count). The highest BCUT2D eigenvalue weighted by Crippen LogP contribution is 2.31. The van der Waals surface area contributed by atoms with Crippen LogP contribution in [-0.2, 0) is 9.84 Å². The van der Waals surface area contributed by atoms with Gasteiger partial charge in [0.2, 0.25) is 5.89 Å². The SMILES string of the molecule is CS(=O)(=O)c1ccc(-c2nc3ccc(C4CCNCC4)cc3o2)c(F)c1.Cl. The highest BCUT2D eigenvalue weighted by atomic mass is 35.5. The van der Waals surface area contributed by atoms with E-state index in [0.29, 0.717) is 17.0 Å². The number of hydrogen-bond donors (Lipinski definition) is 1. The van der Waals surface area contributed by atoms with Crippen LogP contribution in [0.15, 0.2) is 45.7 Å². The Morgan fingerprint density at radius 1 is 1.15 bits per heavy atom. The molecular formula is C19H20ClFN2O3S. The first kappa shape index (κ1) is 19.8. The van der Waals surface area contributed by atoms with Crippen LogP contribution in [0.2, 0.25) is 0 Å². The van der Waals surface area contributed by atoms with Crippen molar-refractivity contribution in [2.75, 3.05) is 19.3 Å². The molecule has 1 aromatic heterocycles. The van der Waals surface area contributed by atoms with Crippen molar-refractivity contribution in [2.24, 2.45) is 0 Å². The number of aromatic nitrogens is 1. The van der Waals surface area contributed by atoms with E-state index in [1.165, 1.54) is 17.7 Å². The van der Waals surface area contributed by atoms with E-state index in [1.807, 2.05) is 18.2 Å². The summed E-state index contributed by atoms with van der Waals surface area (Å²) in [7, 11) is -3.46. The summed E-state index contributed by atoms with van der Waals surface area (Å²) in [6, 6.07) is 9.67. The summed E-state index contributed by atoms with van der Waals surface area (Å²) < 4.78 is 43.3. The molecule has 1 fully saturated rings. The molecule has 0 saturated carbocycles. The van der Waals surface area contributed by atoms with Gasteiger partial charge in [-0.3, -0.25) is 0 Å². The van der Waals surface area contributed by atoms with Crippen LogP contribution < -0.4 is 5.32 Å². The van der Waals surface area contributed by atoms with Crippen molar-refractivity contribution in [1.82, 2.24) is 10.3 Å². The average molecular weight is 411 g/mol. The van der Waals surface area contributed by atoms with Gasteiger partial charge >= 0.3 is 0 Å². The van der Waals surface area contributed by atoms with Gasteiger partial charge in [-0.25, -0.2) is 17.8 Å². The van der Waals surface area contributed by atoms with Crippen molar-refractivity contribution in [3.8, 4) is 11.5 Å². The maximum Gasteiger partial charge on any atom is 0.230 e. The molecule has 1 N–H and O–H groups in total. The van der Waals surface area contributed by atoms with Gasteiger partial charge in [-0.1, -0.05) is 6.07 Å². The molecular weight excluding hydrogens is 391 g/mol. The van der Waals surface area contributed by atoms with Crippen LogP contribution in [0.5, 0.6) is 0 Å². The minimum atomic E-state index is -3.46. The molecule has 1 aliphatic rings. The normalized spacial score (nSPS) is 15.6. The standard InChI is InChI=1S/C19H19FN2O3S.ClH/c1-26(23,24)14-3-4-15(16(20)11-14)19-22-17-5-2-13(10-18(17)25-19)12-6-8-21-9-7-12;/h2-5,10-12,21H,6-9H2,1H3;1H. The van der Waals surface area contributed by atoms with Crippen molar-refractivity contribution in [2.45, 2.75) is 23.7 Å². The Morgan fingerprint density at radius 3 is 2.56 bits per heavy atom. The van der Waals surface area contributed by atoms with E-state index >= 15 is 0 Å². The zero-order valence-electron chi connectivity index (χ0n) is 14.7. The fraction of sp³-hybridized carbons (Fsp3) is 0.316. The molecule has 27 heavy (non-hydrogen) atoms. The second-order valence-electron chi connectivity index (χ2n) is 6.68. The molecule has 8 heteroatoms. The quantitative estimate of drug-likeness (QED) is 0.708. The molecule has 1 saturated heterocycles. The van der Waals surface area contributed by atoms with E-state index in [4.69, 9.17) is 4.42 Å². The summed E-state index contributed by atoms with van der Waals surface area (Å²) in [5.41, 5.74) is 2.62. The average Bonchev–Trinajstić information content (AvgIpc) is 3.04. The van der Waals surface area contributed by atoms with Crippen LogP contribution in [0.1, 0.15) is 24.3 Å². The predicted molar refractivity (Wildman–Crippen MR) is 105 cm³/mol. The Bertz CT molecular complexity index is 1080. The number of nitrogens with zero attached hydrogens (tertiary/aromatic N) is 1. The largest absolute Gasteiger partial charge is 0.436 e. The first-order valence-electron chi connectivity index (χ1n) is 8.53. The van der Waals surface area contributed by atoms with Crippen molar-refractivity contribution in [1.29, 1.82) is 0 Å². The highest BCUT2D eigenvalue weighted by molar-refractivity contribution is 7.90. The Labute approximate surface area is 163 Å². The summed E-state index contributed by atoms with van der Waals surface area (Å²) in [5.74, 6) is -0.0296. The van der Waals surface area contributed by atoms with Crippen molar-refractivity contribution >= 4 is 33.3 Å². The second-order valence-corrected chi connectivity index (χ2v) is 8.70. The topological polar surface area (TPSA) is 72.2 Å². The molecule has 0 unspecified atom stereocenters. The number of benzene rings is 2. The fourth-order valence-corrected chi connectivity index (χ4v) is 4.00. The van der Waals surface area contributed by atoms with Gasteiger partial charge in [0, 0.05) is 6.26 Å². The lowest BCUT2D eigenvalue weighted by atomic mass is 9.90. The molecule has 2 heterocycles. The zero-order chi connectivity index (χ0) is 18.3. The number of sulfone groups is 1. The van der Waals surface area contributed by atoms with Gasteiger partial charge < -0.3 is 9.73 Å². The maximum absolute atomic E-state index is 14.4. The lowest BCUT2D eigenvalue weighted by Gasteiger charge is -2.22. The maximum atomic E-state index is 14.4. The molecule has 0 aliphatic carbocycles. The summed E-state index contributed by atoms with van der Waals surface area (Å²) in [5, 5.41) is 3.35. The molecule has 1 aliphatic heterocycles. The minimum absolute atomic E-state index is 0. The number of halogens is 2. The molecule has 0 spiro atoms. The Hall–Kier alpha value is -1.96. The van der Waals surface area contributed by atoms with Crippen LogP contribution in [0.25, 0.3) is 22.6 Å². The van der Waals surface area contributed by atoms with Gasteiger partial charge in [0.1, 0.15) is 11.3 Å². The highest BCUT2D eigenvalue weighted by Gasteiger charge is 2.19. The van der Waals surface area contributed by atoms with Crippen LogP contribution >= 0.6 is 12.4 Å². The lowest BCUT2D eigenvalue weighted by Crippen LogP contribution is -2.26. The molecule has 0 bridgehead atoms. The third kappa shape index (κ3) is 4.00. The monoisotopic (exact) mass is 410 g/mol. The Kier molecular flexibility index (Phi) is 5.55. The first-order chi connectivity index (χ1) is 12.4. The molecule has 0 radical (unpaired) electrons. The summed E-state index contributed by atoms with van der Waals surface area (Å²) >= 11 is 0. The molecule has 0 amide bonds. The van der Waals surface area contributed by atoms with E-state index in [0.717, 1.165) is 38.3 Å². The van der Waals surface area contributed by atoms with Crippen molar-refractivity contribution in [3.63, 3.8) is 0 Å². The van der Waals surface area contributed by atoms with Gasteiger partial charge in [-0.2, -0.15) is 0 Å². The fourth-order valence-electron chi connectivity index (χ4n) is 3.37. The van der Waals surface area contributed by atoms with E-state index in [1.54, 1.807) is 0 Å². The Morgan fingerprint density at radius 2 is 1.89 bits per heavy atom. The number of hydrogen-bond acceptors (Lipinski definition) is 5. The first-order valence-corrected chi connectivity index (χ1v) is 10.4. The summed E-state index contributed by atoms with van der Waals surface area (Å²) in [6.07, 6.45) is 3.20. The van der Waals surface area contributed by atoms with E-state index in [9.17, 15) is 12.8 Å². The number of oxazole rings is 1. The van der Waals surface area contributed by atoms with E-state index < -0.39 is 15.7 Å². The molecule has 2 aromatic carbocycles. The molecule has 5 nitrogen and oxygen atoms in total. The second kappa shape index (κ2) is 7.58. The van der Waals surface area contributed by atoms with Crippen molar-refractivity contribution in [3.05, 3.63) is 47.8 Å². The lowest BCUT2D eigenvalue weighted by molar-refractivity contribution is 0.460. The van der Waals surface area contributed by atoms with Gasteiger partial charge in [-0.15, -0.1) is 12.4 Å². The minimum Gasteiger partial charge on any atom is -0.436 e. The molecule has 3 aromatic rings. The molecule has 144 valence electrons. The third-order valence-electron chi connectivity index (χ3n) is 4.82. The van der Waals surface area contributed by atoms with E-state index in [2.05, 4.69) is 10.3 Å².